The average molecular weight is 417 g/mol. The highest BCUT2D eigenvalue weighted by atomic mass is 19.1. The fourth-order valence-corrected chi connectivity index (χ4v) is 4.41. The maximum absolute atomic E-state index is 13.2. The molecule has 1 aliphatic heterocycles. The van der Waals surface area contributed by atoms with Gasteiger partial charge in [0.05, 0.1) is 22.6 Å². The Balaban J connectivity index is 1.44. The number of nitrogens with one attached hydrogen (secondary N) is 1. The number of aryl methyl sites for hydroxylation is 2. The molecule has 6 nitrogen and oxygen atoms in total. The van der Waals surface area contributed by atoms with Crippen LogP contribution in [0.15, 0.2) is 48.7 Å². The Morgan fingerprint density at radius 2 is 1.87 bits per heavy atom. The first-order chi connectivity index (χ1) is 15.0. The van der Waals surface area contributed by atoms with Crippen molar-refractivity contribution in [1.29, 1.82) is 0 Å². The van der Waals surface area contributed by atoms with E-state index in [0.29, 0.717) is 5.56 Å². The van der Waals surface area contributed by atoms with E-state index < -0.39 is 5.54 Å². The Hall–Kier alpha value is -3.35. The molecule has 2 aromatic heterocycles. The highest BCUT2D eigenvalue weighted by Crippen LogP contribution is 2.42. The molecule has 158 valence electrons. The van der Waals surface area contributed by atoms with E-state index in [2.05, 4.69) is 26.3 Å². The molecule has 0 saturated heterocycles. The minimum absolute atomic E-state index is 0.197. The molecule has 1 N–H and O–H groups in total. The maximum atomic E-state index is 13.2. The summed E-state index contributed by atoms with van der Waals surface area (Å²) in [4.78, 5) is 28.8. The number of hydrogen-bond donors (Lipinski definition) is 1. The molecule has 1 aliphatic carbocycles. The quantitative estimate of drug-likeness (QED) is 0.689. The molecule has 0 atom stereocenters. The summed E-state index contributed by atoms with van der Waals surface area (Å²) in [7, 11) is 0. The number of amides is 1. The monoisotopic (exact) mass is 417 g/mol. The average Bonchev–Trinajstić information content (AvgIpc) is 2.76. The summed E-state index contributed by atoms with van der Waals surface area (Å²) >= 11 is 0. The van der Waals surface area contributed by atoms with Crippen molar-refractivity contribution >= 4 is 17.4 Å². The van der Waals surface area contributed by atoms with Crippen molar-refractivity contribution in [3.05, 3.63) is 77.3 Å². The normalized spacial score (nSPS) is 16.9. The topological polar surface area (TPSA) is 71.0 Å². The molecule has 7 heteroatoms. The van der Waals surface area contributed by atoms with E-state index in [4.69, 9.17) is 4.98 Å². The second-order valence-electron chi connectivity index (χ2n) is 8.28. The zero-order valence-corrected chi connectivity index (χ0v) is 17.4. The van der Waals surface area contributed by atoms with E-state index in [1.54, 1.807) is 6.20 Å². The molecule has 2 aliphatic rings. The van der Waals surface area contributed by atoms with Gasteiger partial charge in [-0.25, -0.2) is 14.4 Å². The first kappa shape index (κ1) is 19.6. The van der Waals surface area contributed by atoms with Gasteiger partial charge in [0.25, 0.3) is 5.91 Å². The molecule has 1 aromatic carbocycles. The van der Waals surface area contributed by atoms with Gasteiger partial charge < -0.3 is 10.2 Å². The lowest BCUT2D eigenvalue weighted by Crippen LogP contribution is -2.51. The van der Waals surface area contributed by atoms with E-state index in [1.165, 1.54) is 24.3 Å². The van der Waals surface area contributed by atoms with Gasteiger partial charge in [0.1, 0.15) is 17.5 Å². The number of fused-ring (bicyclic) bond motifs is 1. The number of aromatic nitrogens is 3. The molecule has 1 fully saturated rings. The number of carbonyl (C=O) groups excluding carboxylic acids is 1. The van der Waals surface area contributed by atoms with Crippen molar-refractivity contribution in [2.75, 3.05) is 11.4 Å². The second-order valence-corrected chi connectivity index (χ2v) is 8.28. The third-order valence-corrected chi connectivity index (χ3v) is 6.23. The van der Waals surface area contributed by atoms with Crippen LogP contribution in [0.2, 0.25) is 0 Å². The standard InChI is InChI=1S/C24H24FN5O/c1-16-26-14-11-22(27-16)30-15-2-4-19-20(30)9-10-21(28-19)24(12-3-13-24)29-23(31)17-5-7-18(25)8-6-17/h5-11,14H,2-4,12-13,15H2,1H3,(H,29,31). The van der Waals surface area contributed by atoms with Crippen LogP contribution in [-0.2, 0) is 12.0 Å². The third-order valence-electron chi connectivity index (χ3n) is 6.23. The molecule has 3 heterocycles. The van der Waals surface area contributed by atoms with Crippen molar-refractivity contribution in [2.24, 2.45) is 0 Å². The molecule has 0 unspecified atom stereocenters. The molecule has 1 amide bonds. The zero-order valence-electron chi connectivity index (χ0n) is 17.4. The van der Waals surface area contributed by atoms with Crippen LogP contribution < -0.4 is 10.2 Å². The van der Waals surface area contributed by atoms with E-state index in [-0.39, 0.29) is 11.7 Å². The van der Waals surface area contributed by atoms with E-state index in [9.17, 15) is 9.18 Å². The summed E-state index contributed by atoms with van der Waals surface area (Å²) in [6, 6.07) is 11.7. The molecule has 5 rings (SSSR count). The van der Waals surface area contributed by atoms with Crippen molar-refractivity contribution in [3.63, 3.8) is 0 Å². The summed E-state index contributed by atoms with van der Waals surface area (Å²) in [6.07, 6.45) is 6.39. The number of benzene rings is 1. The maximum Gasteiger partial charge on any atom is 0.252 e. The van der Waals surface area contributed by atoms with E-state index in [0.717, 1.165) is 67.4 Å². The lowest BCUT2D eigenvalue weighted by Gasteiger charge is -2.43. The van der Waals surface area contributed by atoms with E-state index in [1.807, 2.05) is 19.1 Å². The van der Waals surface area contributed by atoms with Crippen LogP contribution in [-0.4, -0.2) is 27.4 Å². The Labute approximate surface area is 180 Å². The first-order valence-corrected chi connectivity index (χ1v) is 10.7. The molecule has 31 heavy (non-hydrogen) atoms. The predicted molar refractivity (Wildman–Crippen MR) is 116 cm³/mol. The van der Waals surface area contributed by atoms with Crippen molar-refractivity contribution < 1.29 is 9.18 Å². The number of hydrogen-bond acceptors (Lipinski definition) is 5. The summed E-state index contributed by atoms with van der Waals surface area (Å²) in [5, 5.41) is 3.18. The molecule has 0 spiro atoms. The number of halogens is 1. The summed E-state index contributed by atoms with van der Waals surface area (Å²) in [5.41, 5.74) is 2.98. The summed E-state index contributed by atoms with van der Waals surface area (Å²) in [5.74, 6) is 1.07. The van der Waals surface area contributed by atoms with Crippen LogP contribution in [0.1, 0.15) is 53.3 Å². The van der Waals surface area contributed by atoms with Crippen LogP contribution in [0.4, 0.5) is 15.9 Å². The smallest absolute Gasteiger partial charge is 0.252 e. The zero-order chi connectivity index (χ0) is 21.4. The Morgan fingerprint density at radius 1 is 1.06 bits per heavy atom. The molecular formula is C24H24FN5O. The Morgan fingerprint density at radius 3 is 2.58 bits per heavy atom. The van der Waals surface area contributed by atoms with Crippen LogP contribution in [0, 0.1) is 12.7 Å². The summed E-state index contributed by atoms with van der Waals surface area (Å²) in [6.45, 7) is 2.77. The fraction of sp³-hybridized carbons (Fsp3) is 0.333. The van der Waals surface area contributed by atoms with Crippen LogP contribution in [0.3, 0.4) is 0 Å². The molecule has 3 aromatic rings. The summed E-state index contributed by atoms with van der Waals surface area (Å²) < 4.78 is 13.2. The number of pyridine rings is 1. The number of rotatable bonds is 4. The molecule has 0 radical (unpaired) electrons. The fourth-order valence-electron chi connectivity index (χ4n) is 4.41. The largest absolute Gasteiger partial charge is 0.341 e. The van der Waals surface area contributed by atoms with Gasteiger partial charge in [-0.2, -0.15) is 0 Å². The van der Waals surface area contributed by atoms with Gasteiger partial charge in [0, 0.05) is 18.3 Å². The molecule has 0 bridgehead atoms. The third kappa shape index (κ3) is 3.65. The van der Waals surface area contributed by atoms with Crippen molar-refractivity contribution in [1.82, 2.24) is 20.3 Å². The number of carbonyl (C=O) groups is 1. The van der Waals surface area contributed by atoms with Gasteiger partial charge in [0.2, 0.25) is 0 Å². The van der Waals surface area contributed by atoms with Crippen molar-refractivity contribution in [3.8, 4) is 0 Å². The van der Waals surface area contributed by atoms with Crippen LogP contribution >= 0.6 is 0 Å². The number of anilines is 2. The predicted octanol–water partition coefficient (Wildman–Crippen LogP) is 4.21. The Kier molecular flexibility index (Phi) is 4.88. The van der Waals surface area contributed by atoms with Crippen LogP contribution in [0.5, 0.6) is 0 Å². The lowest BCUT2D eigenvalue weighted by molar-refractivity contribution is 0.0816. The second kappa shape index (κ2) is 7.72. The number of nitrogens with zero attached hydrogens (tertiary/aromatic N) is 4. The van der Waals surface area contributed by atoms with Gasteiger partial charge in [0.15, 0.2) is 0 Å². The van der Waals surface area contributed by atoms with Crippen molar-refractivity contribution in [2.45, 2.75) is 44.6 Å². The van der Waals surface area contributed by atoms with Gasteiger partial charge in [-0.15, -0.1) is 0 Å². The van der Waals surface area contributed by atoms with Gasteiger partial charge >= 0.3 is 0 Å². The highest BCUT2D eigenvalue weighted by molar-refractivity contribution is 5.94. The van der Waals surface area contributed by atoms with E-state index >= 15 is 0 Å². The minimum atomic E-state index is -0.464. The first-order valence-electron chi connectivity index (χ1n) is 10.7. The molecular weight excluding hydrogens is 393 g/mol. The van der Waals surface area contributed by atoms with Gasteiger partial charge in [-0.1, -0.05) is 0 Å². The van der Waals surface area contributed by atoms with Crippen LogP contribution in [0.25, 0.3) is 0 Å². The van der Waals surface area contributed by atoms with Gasteiger partial charge in [-0.3, -0.25) is 9.78 Å². The van der Waals surface area contributed by atoms with Gasteiger partial charge in [-0.05, 0) is 81.5 Å². The SMILES string of the molecule is Cc1nccc(N2CCCc3nc(C4(NC(=O)c5ccc(F)cc5)CCC4)ccc32)n1. The minimum Gasteiger partial charge on any atom is -0.341 e. The lowest BCUT2D eigenvalue weighted by atomic mass is 9.73. The molecule has 1 saturated carbocycles. The highest BCUT2D eigenvalue weighted by Gasteiger charge is 2.42. The Bertz CT molecular complexity index is 1130.